The zero-order chi connectivity index (χ0) is 20.8. The molecular formula is C23H19N5O. The molecule has 1 aliphatic heterocycles. The summed E-state index contributed by atoms with van der Waals surface area (Å²) < 4.78 is 0. The molecule has 0 radical (unpaired) electrons. The third-order valence-corrected chi connectivity index (χ3v) is 6.60. The Morgan fingerprint density at radius 3 is 2.66 bits per heavy atom. The van der Waals surface area contributed by atoms with Crippen molar-refractivity contribution in [3.05, 3.63) is 54.1 Å². The van der Waals surface area contributed by atoms with Gasteiger partial charge in [0.05, 0.1) is 23.9 Å². The Balaban J connectivity index is 2.15. The maximum absolute atomic E-state index is 14.0. The van der Waals surface area contributed by atoms with Gasteiger partial charge in [-0.2, -0.15) is 15.8 Å². The summed E-state index contributed by atoms with van der Waals surface area (Å²) in [6.45, 7) is 3.98. The lowest BCUT2D eigenvalue weighted by molar-refractivity contribution is -0.127. The molecule has 3 atom stereocenters. The van der Waals surface area contributed by atoms with Crippen LogP contribution in [0.1, 0.15) is 24.8 Å². The quantitative estimate of drug-likeness (QED) is 0.790. The molecule has 2 aliphatic carbocycles. The molecule has 1 amide bonds. The van der Waals surface area contributed by atoms with E-state index in [0.717, 1.165) is 12.8 Å². The molecule has 1 N–H and O–H groups in total. The van der Waals surface area contributed by atoms with Crippen LogP contribution in [0, 0.1) is 56.7 Å². The fourth-order valence-corrected chi connectivity index (χ4v) is 5.49. The molecule has 4 rings (SSSR count). The normalized spacial score (nSPS) is 29.1. The van der Waals surface area contributed by atoms with Gasteiger partial charge in [0, 0.05) is 18.2 Å². The highest BCUT2D eigenvalue weighted by Crippen LogP contribution is 2.63. The van der Waals surface area contributed by atoms with Crippen molar-refractivity contribution in [2.75, 3.05) is 11.4 Å². The van der Waals surface area contributed by atoms with Crippen molar-refractivity contribution in [1.82, 2.24) is 0 Å². The number of hydrogen-bond acceptors (Lipinski definition) is 5. The van der Waals surface area contributed by atoms with Gasteiger partial charge in [-0.05, 0) is 36.5 Å². The first kappa shape index (κ1) is 18.7. The van der Waals surface area contributed by atoms with E-state index in [9.17, 15) is 20.6 Å². The lowest BCUT2D eigenvalue weighted by Crippen LogP contribution is -2.64. The number of nitrogens with one attached hydrogen (secondary N) is 1. The Hall–Kier alpha value is -3.69. The molecule has 1 heterocycles. The van der Waals surface area contributed by atoms with Gasteiger partial charge < -0.3 is 10.3 Å². The number of benzene rings is 1. The number of amides is 1. The minimum Gasteiger partial charge on any atom is -0.307 e. The highest BCUT2D eigenvalue weighted by Gasteiger charge is 2.73. The summed E-state index contributed by atoms with van der Waals surface area (Å²) in [6.07, 6.45) is 5.68. The largest absolute Gasteiger partial charge is 0.307 e. The second-order valence-corrected chi connectivity index (χ2v) is 7.67. The molecule has 0 saturated heterocycles. The van der Waals surface area contributed by atoms with Gasteiger partial charge in [-0.1, -0.05) is 30.4 Å². The van der Waals surface area contributed by atoms with Crippen molar-refractivity contribution in [3.63, 3.8) is 0 Å². The van der Waals surface area contributed by atoms with Crippen LogP contribution in [-0.2, 0) is 10.2 Å². The number of carbonyl (C=O) groups excluding carboxylic acids is 1. The number of nitriles is 3. The SMILES string of the molecule is C=CCN1C(=O)[C@]2(c3ccccc31)[C@H]1CCCC=C1[C@H](C#N)C(=N)C2(C#N)C#N. The third-order valence-electron chi connectivity index (χ3n) is 6.60. The molecule has 6 heteroatoms. The van der Waals surface area contributed by atoms with E-state index in [1.54, 1.807) is 29.2 Å². The number of rotatable bonds is 2. The predicted octanol–water partition coefficient (Wildman–Crippen LogP) is 3.39. The van der Waals surface area contributed by atoms with E-state index in [-0.39, 0.29) is 18.2 Å². The van der Waals surface area contributed by atoms with Crippen LogP contribution in [0.15, 0.2) is 48.6 Å². The molecule has 0 bridgehead atoms. The summed E-state index contributed by atoms with van der Waals surface area (Å²) in [4.78, 5) is 15.6. The highest BCUT2D eigenvalue weighted by atomic mass is 16.2. The molecule has 1 aromatic rings. The first-order valence-electron chi connectivity index (χ1n) is 9.58. The molecule has 1 saturated carbocycles. The molecule has 142 valence electrons. The van der Waals surface area contributed by atoms with Gasteiger partial charge in [0.25, 0.3) is 0 Å². The van der Waals surface area contributed by atoms with Gasteiger partial charge in [-0.15, -0.1) is 6.58 Å². The number of hydrogen-bond donors (Lipinski definition) is 1. The zero-order valence-corrected chi connectivity index (χ0v) is 15.9. The van der Waals surface area contributed by atoms with E-state index in [1.165, 1.54) is 0 Å². The average Bonchev–Trinajstić information content (AvgIpc) is 3.00. The van der Waals surface area contributed by atoms with Crippen molar-refractivity contribution in [2.24, 2.45) is 17.3 Å². The Kier molecular flexibility index (Phi) is 4.14. The Labute approximate surface area is 169 Å². The van der Waals surface area contributed by atoms with Gasteiger partial charge >= 0.3 is 0 Å². The average molecular weight is 381 g/mol. The summed E-state index contributed by atoms with van der Waals surface area (Å²) in [5, 5.41) is 39.1. The topological polar surface area (TPSA) is 116 Å². The second-order valence-electron chi connectivity index (χ2n) is 7.67. The Morgan fingerprint density at radius 2 is 2.00 bits per heavy atom. The predicted molar refractivity (Wildman–Crippen MR) is 107 cm³/mol. The van der Waals surface area contributed by atoms with E-state index in [1.807, 2.05) is 24.3 Å². The first-order chi connectivity index (χ1) is 14.0. The highest BCUT2D eigenvalue weighted by molar-refractivity contribution is 6.17. The fraction of sp³-hybridized carbons (Fsp3) is 0.348. The van der Waals surface area contributed by atoms with Crippen molar-refractivity contribution >= 4 is 17.3 Å². The van der Waals surface area contributed by atoms with Crippen molar-refractivity contribution in [3.8, 4) is 18.2 Å². The van der Waals surface area contributed by atoms with Gasteiger partial charge in [0.1, 0.15) is 11.3 Å². The third kappa shape index (κ3) is 1.97. The van der Waals surface area contributed by atoms with E-state index in [0.29, 0.717) is 23.2 Å². The van der Waals surface area contributed by atoms with Gasteiger partial charge in [0.2, 0.25) is 11.3 Å². The number of anilines is 1. The number of fused-ring (bicyclic) bond motifs is 4. The number of para-hydroxylation sites is 1. The van der Waals surface area contributed by atoms with E-state index in [2.05, 4.69) is 12.6 Å². The van der Waals surface area contributed by atoms with Crippen LogP contribution in [0.25, 0.3) is 0 Å². The number of nitrogens with zero attached hydrogens (tertiary/aromatic N) is 4. The molecule has 1 aromatic carbocycles. The maximum Gasteiger partial charge on any atom is 0.241 e. The van der Waals surface area contributed by atoms with Crippen molar-refractivity contribution < 1.29 is 4.79 Å². The molecule has 0 unspecified atom stereocenters. The van der Waals surface area contributed by atoms with Crippen LogP contribution in [-0.4, -0.2) is 18.2 Å². The second kappa shape index (κ2) is 6.43. The molecule has 1 fully saturated rings. The molecule has 29 heavy (non-hydrogen) atoms. The van der Waals surface area contributed by atoms with E-state index >= 15 is 0 Å². The van der Waals surface area contributed by atoms with Crippen molar-refractivity contribution in [1.29, 1.82) is 21.2 Å². The summed E-state index contributed by atoms with van der Waals surface area (Å²) >= 11 is 0. The fourth-order valence-electron chi connectivity index (χ4n) is 5.49. The van der Waals surface area contributed by atoms with Crippen molar-refractivity contribution in [2.45, 2.75) is 24.7 Å². The Bertz CT molecular complexity index is 1080. The minimum atomic E-state index is -2.05. The van der Waals surface area contributed by atoms with Crippen LogP contribution < -0.4 is 4.90 Å². The maximum atomic E-state index is 14.0. The zero-order valence-electron chi connectivity index (χ0n) is 15.9. The van der Waals surface area contributed by atoms with Gasteiger partial charge in [-0.25, -0.2) is 0 Å². The number of carbonyl (C=O) groups is 1. The summed E-state index contributed by atoms with van der Waals surface area (Å²) in [5.74, 6) is -1.79. The lowest BCUT2D eigenvalue weighted by atomic mass is 9.44. The monoisotopic (exact) mass is 381 g/mol. The lowest BCUT2D eigenvalue weighted by Gasteiger charge is -2.51. The van der Waals surface area contributed by atoms with Crippen LogP contribution in [0.5, 0.6) is 0 Å². The van der Waals surface area contributed by atoms with Crippen LogP contribution in [0.2, 0.25) is 0 Å². The summed E-state index contributed by atoms with van der Waals surface area (Å²) in [6, 6.07) is 13.4. The van der Waals surface area contributed by atoms with Gasteiger partial charge in [-0.3, -0.25) is 4.79 Å². The Morgan fingerprint density at radius 1 is 1.28 bits per heavy atom. The summed E-state index contributed by atoms with van der Waals surface area (Å²) in [5.41, 5.74) is -1.94. The molecule has 3 aliphatic rings. The van der Waals surface area contributed by atoms with Crippen LogP contribution >= 0.6 is 0 Å². The minimum absolute atomic E-state index is 0.241. The molecule has 1 spiro atoms. The molecular weight excluding hydrogens is 362 g/mol. The smallest absolute Gasteiger partial charge is 0.241 e. The van der Waals surface area contributed by atoms with E-state index in [4.69, 9.17) is 5.41 Å². The van der Waals surface area contributed by atoms with Crippen LogP contribution in [0.4, 0.5) is 5.69 Å². The first-order valence-corrected chi connectivity index (χ1v) is 9.58. The number of allylic oxidation sites excluding steroid dienone is 2. The molecule has 0 aromatic heterocycles. The van der Waals surface area contributed by atoms with Crippen LogP contribution in [0.3, 0.4) is 0 Å². The summed E-state index contributed by atoms with van der Waals surface area (Å²) in [7, 11) is 0. The van der Waals surface area contributed by atoms with E-state index < -0.39 is 22.7 Å². The van der Waals surface area contributed by atoms with Gasteiger partial charge in [0.15, 0.2) is 0 Å². The molecule has 6 nitrogen and oxygen atoms in total. The standard InChI is InChI=1S/C23H19N5O/c1-2-11-28-19-10-6-5-9-18(19)23(21(28)29)17-8-4-3-7-15(17)16(12-24)20(27)22(23,13-25)14-26/h2,5-7,9-10,16-17,27H,1,3-4,8,11H2/t16-,17-,23+/m0/s1.